The van der Waals surface area contributed by atoms with Crippen LogP contribution in [0.2, 0.25) is 0 Å². The highest BCUT2D eigenvalue weighted by molar-refractivity contribution is 14.0. The van der Waals surface area contributed by atoms with E-state index in [1.54, 1.807) is 24.0 Å². The molecule has 2 rings (SSSR count). The minimum absolute atomic E-state index is 0. The number of hydrogen-bond donors (Lipinski definition) is 3. The third kappa shape index (κ3) is 7.23. The van der Waals surface area contributed by atoms with Crippen molar-refractivity contribution >= 4 is 35.8 Å². The lowest BCUT2D eigenvalue weighted by Crippen LogP contribution is -2.44. The van der Waals surface area contributed by atoms with Gasteiger partial charge in [-0.05, 0) is 40.0 Å². The number of amides is 1. The van der Waals surface area contributed by atoms with Gasteiger partial charge in [-0.15, -0.1) is 24.0 Å². The molecule has 2 unspecified atom stereocenters. The van der Waals surface area contributed by atoms with E-state index >= 15 is 0 Å². The Labute approximate surface area is 185 Å². The third-order valence-electron chi connectivity index (χ3n) is 4.97. The number of carbonyl (C=O) groups is 1. The van der Waals surface area contributed by atoms with Crippen LogP contribution in [0.4, 0.5) is 0 Å². The van der Waals surface area contributed by atoms with Gasteiger partial charge in [-0.1, -0.05) is 0 Å². The summed E-state index contributed by atoms with van der Waals surface area (Å²) in [6, 6.07) is 0.336. The van der Waals surface area contributed by atoms with Crippen molar-refractivity contribution in [2.75, 3.05) is 26.2 Å². The number of halogens is 1. The Balaban J connectivity index is 0.00000392. The normalized spacial score (nSPS) is 19.5. The number of rotatable bonds is 7. The van der Waals surface area contributed by atoms with Crippen molar-refractivity contribution in [2.24, 2.45) is 12.0 Å². The molecular weight excluding hydrogens is 471 g/mol. The van der Waals surface area contributed by atoms with Crippen LogP contribution in [0.25, 0.3) is 0 Å². The van der Waals surface area contributed by atoms with Gasteiger partial charge in [0.25, 0.3) is 0 Å². The second-order valence-corrected chi connectivity index (χ2v) is 7.48. The molecule has 160 valence electrons. The Kier molecular flexibility index (Phi) is 10.2. The fraction of sp³-hybridized carbons (Fsp3) is 0.737. The van der Waals surface area contributed by atoms with Gasteiger partial charge in [0.05, 0.1) is 12.7 Å². The molecule has 9 heteroatoms. The number of nitrogens with zero attached hydrogens (tertiary/aromatic N) is 4. The highest BCUT2D eigenvalue weighted by Crippen LogP contribution is 2.20. The van der Waals surface area contributed by atoms with Crippen LogP contribution in [-0.2, 0) is 17.4 Å². The smallest absolute Gasteiger partial charge is 0.224 e. The Bertz CT molecular complexity index is 646. The average molecular weight is 506 g/mol. The molecule has 1 aliphatic rings. The monoisotopic (exact) mass is 506 g/mol. The van der Waals surface area contributed by atoms with E-state index in [1.165, 1.54) is 6.42 Å². The van der Waals surface area contributed by atoms with E-state index in [9.17, 15) is 9.90 Å². The molecule has 1 fully saturated rings. The van der Waals surface area contributed by atoms with Crippen LogP contribution in [-0.4, -0.2) is 63.9 Å². The maximum absolute atomic E-state index is 12.4. The number of aryl methyl sites for hydroxylation is 1. The molecule has 0 saturated carbocycles. The molecule has 2 heterocycles. The molecule has 2 atom stereocenters. The molecule has 3 N–H and O–H groups in total. The Morgan fingerprint density at radius 2 is 2.18 bits per heavy atom. The molecule has 1 saturated heterocycles. The molecule has 28 heavy (non-hydrogen) atoms. The van der Waals surface area contributed by atoms with Crippen LogP contribution in [0, 0.1) is 0 Å². The summed E-state index contributed by atoms with van der Waals surface area (Å²) in [6.07, 6.45) is 7.26. The summed E-state index contributed by atoms with van der Waals surface area (Å²) in [4.78, 5) is 18.9. The second-order valence-electron chi connectivity index (χ2n) is 7.48. The van der Waals surface area contributed by atoms with Gasteiger partial charge in [-0.25, -0.2) is 4.99 Å². The number of likely N-dealkylation sites (tertiary alicyclic amines) is 1. The number of aromatic nitrogens is 2. The van der Waals surface area contributed by atoms with E-state index in [1.807, 2.05) is 18.9 Å². The van der Waals surface area contributed by atoms with Gasteiger partial charge in [-0.3, -0.25) is 9.48 Å². The molecule has 1 amide bonds. The number of aliphatic hydroxyl groups is 1. The van der Waals surface area contributed by atoms with E-state index in [-0.39, 0.29) is 36.4 Å². The molecule has 0 radical (unpaired) electrons. The zero-order valence-electron chi connectivity index (χ0n) is 17.4. The van der Waals surface area contributed by atoms with Gasteiger partial charge >= 0.3 is 0 Å². The minimum atomic E-state index is -1.10. The molecule has 0 spiro atoms. The average Bonchev–Trinajstić information content (AvgIpc) is 3.07. The number of aliphatic imine (C=N–C) groups is 1. The first-order valence-corrected chi connectivity index (χ1v) is 9.86. The summed E-state index contributed by atoms with van der Waals surface area (Å²) >= 11 is 0. The Morgan fingerprint density at radius 1 is 1.43 bits per heavy atom. The third-order valence-corrected chi connectivity index (χ3v) is 4.97. The van der Waals surface area contributed by atoms with Crippen molar-refractivity contribution in [3.63, 3.8) is 0 Å². The van der Waals surface area contributed by atoms with Crippen molar-refractivity contribution in [1.82, 2.24) is 25.3 Å². The first-order chi connectivity index (χ1) is 12.8. The summed E-state index contributed by atoms with van der Waals surface area (Å²) in [6.45, 7) is 8.11. The summed E-state index contributed by atoms with van der Waals surface area (Å²) in [5, 5.41) is 21.1. The van der Waals surface area contributed by atoms with Crippen LogP contribution in [0.1, 0.15) is 52.0 Å². The lowest BCUT2D eigenvalue weighted by atomic mass is 10.0. The first kappa shape index (κ1) is 24.7. The van der Waals surface area contributed by atoms with E-state index in [0.717, 1.165) is 24.9 Å². The maximum Gasteiger partial charge on any atom is 0.224 e. The van der Waals surface area contributed by atoms with Crippen LogP contribution >= 0.6 is 24.0 Å². The standard InChI is InChI=1S/C19H34N6O2.HI/c1-5-20-18(22-14-19(3,27)16-12-23-24(4)13-16)21-10-9-17(26)25-11-7-6-8-15(25)2;/h12-13,15,27H,5-11,14H2,1-4H3,(H2,20,21,22);1H. The summed E-state index contributed by atoms with van der Waals surface area (Å²) < 4.78 is 1.66. The minimum Gasteiger partial charge on any atom is -0.383 e. The number of piperidine rings is 1. The number of carbonyl (C=O) groups excluding carboxylic acids is 1. The zero-order valence-corrected chi connectivity index (χ0v) is 19.8. The van der Waals surface area contributed by atoms with Gasteiger partial charge in [0.2, 0.25) is 5.91 Å². The lowest BCUT2D eigenvalue weighted by Gasteiger charge is -2.33. The predicted octanol–water partition coefficient (Wildman–Crippen LogP) is 1.59. The largest absolute Gasteiger partial charge is 0.383 e. The molecule has 8 nitrogen and oxygen atoms in total. The van der Waals surface area contributed by atoms with Crippen LogP contribution < -0.4 is 10.6 Å². The van der Waals surface area contributed by atoms with Crippen LogP contribution in [0.3, 0.4) is 0 Å². The molecular formula is C19H35IN6O2. The van der Waals surface area contributed by atoms with E-state index < -0.39 is 5.60 Å². The maximum atomic E-state index is 12.4. The van der Waals surface area contributed by atoms with Crippen molar-refractivity contribution in [1.29, 1.82) is 0 Å². The van der Waals surface area contributed by atoms with Gasteiger partial charge in [0.15, 0.2) is 5.96 Å². The predicted molar refractivity (Wildman–Crippen MR) is 122 cm³/mol. The first-order valence-electron chi connectivity index (χ1n) is 9.86. The van der Waals surface area contributed by atoms with Gasteiger partial charge in [0, 0.05) is 50.9 Å². The summed E-state index contributed by atoms with van der Waals surface area (Å²) in [7, 11) is 1.81. The van der Waals surface area contributed by atoms with Gasteiger partial charge in [0.1, 0.15) is 5.60 Å². The van der Waals surface area contributed by atoms with Crippen molar-refractivity contribution in [2.45, 2.75) is 58.1 Å². The zero-order chi connectivity index (χ0) is 19.9. The molecule has 1 aromatic rings. The molecule has 0 aromatic carbocycles. The van der Waals surface area contributed by atoms with Crippen molar-refractivity contribution in [3.05, 3.63) is 18.0 Å². The quantitative estimate of drug-likeness (QED) is 0.297. The van der Waals surface area contributed by atoms with Gasteiger partial charge in [-0.2, -0.15) is 5.10 Å². The topological polar surface area (TPSA) is 94.8 Å². The van der Waals surface area contributed by atoms with Crippen LogP contribution in [0.15, 0.2) is 17.4 Å². The number of nitrogens with one attached hydrogen (secondary N) is 2. The molecule has 1 aliphatic heterocycles. The Morgan fingerprint density at radius 3 is 2.79 bits per heavy atom. The van der Waals surface area contributed by atoms with E-state index in [2.05, 4.69) is 27.6 Å². The summed E-state index contributed by atoms with van der Waals surface area (Å²) in [5.74, 6) is 0.786. The summed E-state index contributed by atoms with van der Waals surface area (Å²) in [5.41, 5.74) is -0.380. The van der Waals surface area contributed by atoms with Crippen molar-refractivity contribution < 1.29 is 9.90 Å². The highest BCUT2D eigenvalue weighted by atomic mass is 127. The van der Waals surface area contributed by atoms with Crippen LogP contribution in [0.5, 0.6) is 0 Å². The fourth-order valence-corrected chi connectivity index (χ4v) is 3.27. The Hall–Kier alpha value is -1.36. The second kappa shape index (κ2) is 11.6. The molecule has 0 bridgehead atoms. The van der Waals surface area contributed by atoms with Gasteiger partial charge < -0.3 is 20.6 Å². The highest BCUT2D eigenvalue weighted by Gasteiger charge is 2.25. The number of guanidine groups is 1. The lowest BCUT2D eigenvalue weighted by molar-refractivity contribution is -0.134. The molecule has 0 aliphatic carbocycles. The van der Waals surface area contributed by atoms with E-state index in [4.69, 9.17) is 0 Å². The van der Waals surface area contributed by atoms with E-state index in [0.29, 0.717) is 31.5 Å². The number of hydrogen-bond acceptors (Lipinski definition) is 4. The fourth-order valence-electron chi connectivity index (χ4n) is 3.27. The molecule has 1 aromatic heterocycles. The SMILES string of the molecule is CCNC(=NCC(C)(O)c1cnn(C)c1)NCCC(=O)N1CCCCC1C.I. The van der Waals surface area contributed by atoms with Crippen molar-refractivity contribution in [3.8, 4) is 0 Å².